The minimum atomic E-state index is 0.325. The van der Waals surface area contributed by atoms with Crippen LogP contribution in [0.5, 0.6) is 0 Å². The fourth-order valence-electron chi connectivity index (χ4n) is 5.92. The summed E-state index contributed by atoms with van der Waals surface area (Å²) in [6, 6.07) is 15.3. The number of piperazine rings is 1. The maximum atomic E-state index is 9.56. The molecule has 0 saturated carbocycles. The third-order valence-corrected chi connectivity index (χ3v) is 7.64. The highest BCUT2D eigenvalue weighted by atomic mass is 15.3. The summed E-state index contributed by atoms with van der Waals surface area (Å²) in [6.07, 6.45) is 2.35. The van der Waals surface area contributed by atoms with Crippen molar-refractivity contribution in [3.63, 3.8) is 0 Å². The second kappa shape index (κ2) is 8.12. The van der Waals surface area contributed by atoms with Crippen LogP contribution < -0.4 is 15.8 Å². The Kier molecular flexibility index (Phi) is 5.08. The maximum Gasteiger partial charge on any atom is 0.141 e. The van der Waals surface area contributed by atoms with Crippen LogP contribution in [0, 0.1) is 11.3 Å². The molecule has 3 aliphatic rings. The molecule has 3 aliphatic heterocycles. The zero-order valence-electron chi connectivity index (χ0n) is 19.0. The van der Waals surface area contributed by atoms with Crippen LogP contribution in [-0.4, -0.2) is 54.9 Å². The Labute approximate surface area is 196 Å². The molecule has 2 saturated heterocycles. The number of anilines is 1. The Morgan fingerprint density at radius 2 is 1.91 bits per heavy atom. The summed E-state index contributed by atoms with van der Waals surface area (Å²) in [5.41, 5.74) is 6.69. The van der Waals surface area contributed by atoms with Gasteiger partial charge in [0.1, 0.15) is 13.9 Å². The van der Waals surface area contributed by atoms with Crippen LogP contribution in [0.1, 0.15) is 54.2 Å². The van der Waals surface area contributed by atoms with E-state index in [9.17, 15) is 5.26 Å². The zero-order valence-corrected chi connectivity index (χ0v) is 19.0. The summed E-state index contributed by atoms with van der Waals surface area (Å²) in [7, 11) is 5.94. The Hall–Kier alpha value is -2.95. The van der Waals surface area contributed by atoms with E-state index < -0.39 is 0 Å². The van der Waals surface area contributed by atoms with Crippen LogP contribution in [0.25, 0.3) is 10.9 Å². The molecule has 2 radical (unpaired) electrons. The lowest BCUT2D eigenvalue weighted by Gasteiger charge is -2.43. The lowest BCUT2D eigenvalue weighted by atomic mass is 9.93. The third-order valence-electron chi connectivity index (χ3n) is 7.64. The van der Waals surface area contributed by atoms with E-state index in [1.165, 1.54) is 29.8 Å². The standard InChI is InChI=1S/C26H27BN6/c1-16-13-32(23-6-2-18(12-28)26-20(23)4-7-25(27)31-26)15-24-19-3-5-21(17-8-10-29-11-9-17)30-22(19)14-33(16)24/h2-7,16-17,24,29H,8-11,13-15H2,1H3/t16-,24-/m1/s1. The number of rotatable bonds is 2. The summed E-state index contributed by atoms with van der Waals surface area (Å²) >= 11 is 0. The van der Waals surface area contributed by atoms with Gasteiger partial charge in [0.2, 0.25) is 0 Å². The van der Waals surface area contributed by atoms with Gasteiger partial charge in [-0.15, -0.1) is 0 Å². The van der Waals surface area contributed by atoms with Gasteiger partial charge in [-0.3, -0.25) is 14.9 Å². The van der Waals surface area contributed by atoms with Gasteiger partial charge in [-0.2, -0.15) is 5.26 Å². The van der Waals surface area contributed by atoms with Crippen LogP contribution in [0.4, 0.5) is 5.69 Å². The van der Waals surface area contributed by atoms with Gasteiger partial charge in [-0.05, 0) is 68.3 Å². The average molecular weight is 434 g/mol. The number of hydrogen-bond acceptors (Lipinski definition) is 6. The van der Waals surface area contributed by atoms with Crippen molar-refractivity contribution in [3.8, 4) is 6.07 Å². The molecule has 0 aliphatic carbocycles. The van der Waals surface area contributed by atoms with Crippen LogP contribution >= 0.6 is 0 Å². The molecule has 1 N–H and O–H groups in total. The lowest BCUT2D eigenvalue weighted by molar-refractivity contribution is 0.133. The van der Waals surface area contributed by atoms with Gasteiger partial charge in [-0.1, -0.05) is 12.1 Å². The van der Waals surface area contributed by atoms with E-state index in [1.54, 1.807) is 0 Å². The van der Waals surface area contributed by atoms with Crippen LogP contribution in [0.2, 0.25) is 0 Å². The van der Waals surface area contributed by atoms with Crippen molar-refractivity contribution in [2.45, 2.75) is 44.3 Å². The van der Waals surface area contributed by atoms with E-state index in [0.29, 0.717) is 34.7 Å². The predicted octanol–water partition coefficient (Wildman–Crippen LogP) is 2.53. The molecule has 5 heterocycles. The maximum absolute atomic E-state index is 9.56. The molecular formula is C26H27BN6. The molecule has 33 heavy (non-hydrogen) atoms. The van der Waals surface area contributed by atoms with Gasteiger partial charge in [0.15, 0.2) is 0 Å². The Balaban J connectivity index is 1.34. The second-order valence-corrected chi connectivity index (χ2v) is 9.61. The van der Waals surface area contributed by atoms with Gasteiger partial charge in [0, 0.05) is 48.4 Å². The number of nitriles is 1. The molecule has 1 aromatic carbocycles. The van der Waals surface area contributed by atoms with Crippen LogP contribution in [0.3, 0.4) is 0 Å². The highest BCUT2D eigenvalue weighted by molar-refractivity contribution is 6.31. The number of pyridine rings is 2. The topological polar surface area (TPSA) is 68.1 Å². The smallest absolute Gasteiger partial charge is 0.141 e. The van der Waals surface area contributed by atoms with E-state index in [2.05, 4.69) is 51.3 Å². The third kappa shape index (κ3) is 3.49. The van der Waals surface area contributed by atoms with Crippen molar-refractivity contribution < 1.29 is 0 Å². The number of piperidine rings is 1. The Morgan fingerprint density at radius 1 is 1.06 bits per heavy atom. The first kappa shape index (κ1) is 20.6. The summed E-state index contributed by atoms with van der Waals surface area (Å²) in [4.78, 5) is 14.7. The van der Waals surface area contributed by atoms with Gasteiger partial charge in [0.25, 0.3) is 0 Å². The Morgan fingerprint density at radius 3 is 2.73 bits per heavy atom. The SMILES string of the molecule is [B]c1ccc2c(N3C[C@@H](C)N4Cc5nc(C6CCNCC6)ccc5[C@H]4C3)ccc(C#N)c2n1. The minimum absolute atomic E-state index is 0.325. The molecule has 0 unspecified atom stereocenters. The van der Waals surface area contributed by atoms with Crippen molar-refractivity contribution in [3.05, 3.63) is 58.9 Å². The summed E-state index contributed by atoms with van der Waals surface area (Å²) in [5, 5.41) is 14.0. The molecule has 6 rings (SSSR count). The molecule has 2 fully saturated rings. The monoisotopic (exact) mass is 434 g/mol. The Bertz CT molecular complexity index is 1260. The van der Waals surface area contributed by atoms with E-state index in [1.807, 2.05) is 18.2 Å². The fourth-order valence-corrected chi connectivity index (χ4v) is 5.92. The van der Waals surface area contributed by atoms with Crippen molar-refractivity contribution in [2.75, 3.05) is 31.1 Å². The van der Waals surface area contributed by atoms with E-state index in [0.717, 1.165) is 43.8 Å². The molecule has 0 bridgehead atoms. The molecule has 2 atom stereocenters. The van der Waals surface area contributed by atoms with E-state index in [4.69, 9.17) is 12.8 Å². The molecule has 7 heteroatoms. The number of benzene rings is 1. The number of fused-ring (bicyclic) bond motifs is 4. The van der Waals surface area contributed by atoms with Crippen molar-refractivity contribution >= 4 is 30.0 Å². The summed E-state index contributed by atoms with van der Waals surface area (Å²) in [5.74, 6) is 0.577. The van der Waals surface area contributed by atoms with Crippen molar-refractivity contribution in [2.24, 2.45) is 0 Å². The average Bonchev–Trinajstić information content (AvgIpc) is 3.22. The van der Waals surface area contributed by atoms with Gasteiger partial charge in [0.05, 0.1) is 22.8 Å². The zero-order chi connectivity index (χ0) is 22.5. The normalized spacial score (nSPS) is 23.3. The number of hydrogen-bond donors (Lipinski definition) is 1. The molecule has 164 valence electrons. The highest BCUT2D eigenvalue weighted by Gasteiger charge is 2.40. The minimum Gasteiger partial charge on any atom is -0.368 e. The largest absolute Gasteiger partial charge is 0.368 e. The first-order valence-electron chi connectivity index (χ1n) is 11.9. The van der Waals surface area contributed by atoms with Crippen LogP contribution in [0.15, 0.2) is 36.4 Å². The summed E-state index contributed by atoms with van der Waals surface area (Å²) in [6.45, 7) is 7.24. The molecule has 0 amide bonds. The number of nitrogens with one attached hydrogen (secondary N) is 1. The number of nitrogens with zero attached hydrogens (tertiary/aromatic N) is 5. The van der Waals surface area contributed by atoms with Gasteiger partial charge in [-0.25, -0.2) is 0 Å². The molecule has 6 nitrogen and oxygen atoms in total. The second-order valence-electron chi connectivity index (χ2n) is 9.61. The predicted molar refractivity (Wildman–Crippen MR) is 131 cm³/mol. The first-order valence-corrected chi connectivity index (χ1v) is 11.9. The van der Waals surface area contributed by atoms with Gasteiger partial charge >= 0.3 is 0 Å². The van der Waals surface area contributed by atoms with E-state index >= 15 is 0 Å². The van der Waals surface area contributed by atoms with Crippen molar-refractivity contribution in [1.82, 2.24) is 20.2 Å². The molecule has 3 aromatic rings. The molecule has 0 spiro atoms. The van der Waals surface area contributed by atoms with Gasteiger partial charge < -0.3 is 10.2 Å². The highest BCUT2D eigenvalue weighted by Crippen LogP contribution is 2.41. The molecule has 2 aromatic heterocycles. The van der Waals surface area contributed by atoms with Crippen molar-refractivity contribution in [1.29, 1.82) is 5.26 Å². The lowest BCUT2D eigenvalue weighted by Crippen LogP contribution is -2.51. The molecular weight excluding hydrogens is 407 g/mol. The summed E-state index contributed by atoms with van der Waals surface area (Å²) < 4.78 is 0. The number of aromatic nitrogens is 2. The van der Waals surface area contributed by atoms with E-state index in [-0.39, 0.29) is 0 Å². The fraction of sp³-hybridized carbons (Fsp3) is 0.423. The quantitative estimate of drug-likeness (QED) is 0.626. The first-order chi connectivity index (χ1) is 16.1. The van der Waals surface area contributed by atoms with Crippen LogP contribution in [-0.2, 0) is 6.54 Å².